The number of benzene rings is 2. The highest BCUT2D eigenvalue weighted by Crippen LogP contribution is 2.47. The molecule has 0 amide bonds. The highest BCUT2D eigenvalue weighted by molar-refractivity contribution is 5.82. The van der Waals surface area contributed by atoms with Crippen molar-refractivity contribution in [2.45, 2.75) is 31.5 Å². The molecule has 0 aliphatic carbocycles. The van der Waals surface area contributed by atoms with Crippen LogP contribution in [0.3, 0.4) is 0 Å². The largest absolute Gasteiger partial charge is 0.382 e. The van der Waals surface area contributed by atoms with Gasteiger partial charge in [0.1, 0.15) is 18.7 Å². The molecule has 3 saturated heterocycles. The lowest BCUT2D eigenvalue weighted by Crippen LogP contribution is -2.67. The number of para-hydroxylation sites is 1. The number of piperidine rings is 3. The minimum atomic E-state index is -0.486. The van der Waals surface area contributed by atoms with Crippen LogP contribution in [0.5, 0.6) is 0 Å². The van der Waals surface area contributed by atoms with Crippen LogP contribution in [0.1, 0.15) is 30.1 Å². The van der Waals surface area contributed by atoms with E-state index in [0.29, 0.717) is 11.8 Å². The third-order valence-electron chi connectivity index (χ3n) is 7.38. The van der Waals surface area contributed by atoms with E-state index in [1.54, 1.807) is 0 Å². The highest BCUT2D eigenvalue weighted by atomic mass is 16.3. The van der Waals surface area contributed by atoms with Crippen molar-refractivity contribution < 1.29 is 9.59 Å². The molecule has 0 spiro atoms. The van der Waals surface area contributed by atoms with Crippen LogP contribution in [0.4, 0.5) is 0 Å². The van der Waals surface area contributed by atoms with Crippen molar-refractivity contribution in [1.29, 1.82) is 0 Å². The molecule has 6 rings (SSSR count). The Kier molecular flexibility index (Phi) is 4.73. The van der Waals surface area contributed by atoms with E-state index < -0.39 is 6.10 Å². The molecule has 3 fully saturated rings. The maximum atomic E-state index is 11.7. The van der Waals surface area contributed by atoms with Crippen LogP contribution in [0.15, 0.2) is 79.5 Å². The summed E-state index contributed by atoms with van der Waals surface area (Å²) in [7, 11) is 0. The van der Waals surface area contributed by atoms with Crippen LogP contribution in [0, 0.1) is 11.8 Å². The molecule has 3 aliphatic rings. The molecule has 5 atom stereocenters. The lowest BCUT2D eigenvalue weighted by Gasteiger charge is -2.58. The van der Waals surface area contributed by atoms with E-state index in [2.05, 4.69) is 54.0 Å². The van der Waals surface area contributed by atoms with Gasteiger partial charge in [-0.25, -0.2) is 0 Å². The minimum Gasteiger partial charge on any atom is -0.382 e. The monoisotopic (exact) mass is 385 g/mol. The zero-order chi connectivity index (χ0) is 19.8. The normalized spacial score (nSPS) is 29.6. The van der Waals surface area contributed by atoms with Crippen LogP contribution in [-0.4, -0.2) is 33.7 Å². The van der Waals surface area contributed by atoms with Crippen molar-refractivity contribution in [2.24, 2.45) is 11.8 Å². The zero-order valence-electron chi connectivity index (χ0n) is 16.8. The Balaban J connectivity index is 1.56. The van der Waals surface area contributed by atoms with E-state index in [0.717, 1.165) is 47.0 Å². The molecular weight excluding hydrogens is 356 g/mol. The summed E-state index contributed by atoms with van der Waals surface area (Å²) >= 11 is 0. The predicted octanol–water partition coefficient (Wildman–Crippen LogP) is 4.88. The van der Waals surface area contributed by atoms with E-state index >= 15 is 0 Å². The lowest BCUT2D eigenvalue weighted by atomic mass is 9.71. The Morgan fingerprint density at radius 3 is 2.72 bits per heavy atom. The molecule has 0 saturated carbocycles. The van der Waals surface area contributed by atoms with Crippen LogP contribution in [0.2, 0.25) is 0 Å². The molecule has 29 heavy (non-hydrogen) atoms. The van der Waals surface area contributed by atoms with Crippen LogP contribution < -0.4 is 0 Å². The van der Waals surface area contributed by atoms with E-state index in [1.807, 2.05) is 30.5 Å². The number of rotatable bonds is 5. The molecule has 3 aromatic rings. The topological polar surface area (TPSA) is 33.1 Å². The first-order valence-corrected chi connectivity index (χ1v) is 10.7. The Labute approximate surface area is 172 Å². The summed E-state index contributed by atoms with van der Waals surface area (Å²) in [5.41, 5.74) is 3.33. The minimum absolute atomic E-state index is 0.205. The Morgan fingerprint density at radius 2 is 1.90 bits per heavy atom. The van der Waals surface area contributed by atoms with Gasteiger partial charge < -0.3 is 9.59 Å². The first-order valence-electron chi connectivity index (χ1n) is 10.7. The van der Waals surface area contributed by atoms with Crippen molar-refractivity contribution in [2.75, 3.05) is 13.1 Å². The third-order valence-corrected chi connectivity index (χ3v) is 7.38. The summed E-state index contributed by atoms with van der Waals surface area (Å²) in [5.74, 6) is 1.18. The second-order valence-corrected chi connectivity index (χ2v) is 8.88. The molecule has 1 unspecified atom stereocenters. The van der Waals surface area contributed by atoms with Gasteiger partial charge in [0.15, 0.2) is 0 Å². The van der Waals surface area contributed by atoms with Gasteiger partial charge in [-0.1, -0.05) is 54.6 Å². The number of aliphatic hydroxyl groups excluding tert-OH is 1. The molecular formula is C26H29N2O+. The Hall–Kier alpha value is -2.49. The van der Waals surface area contributed by atoms with Gasteiger partial charge in [-0.3, -0.25) is 4.98 Å². The quantitative estimate of drug-likeness (QED) is 0.502. The Morgan fingerprint density at radius 1 is 1.10 bits per heavy atom. The fourth-order valence-electron chi connectivity index (χ4n) is 5.91. The van der Waals surface area contributed by atoms with Gasteiger partial charge in [-0.15, -0.1) is 6.58 Å². The maximum Gasteiger partial charge on any atom is 0.131 e. The number of fused-ring (bicyclic) bond motifs is 4. The molecule has 3 heteroatoms. The Bertz CT molecular complexity index is 1010. The summed E-state index contributed by atoms with van der Waals surface area (Å²) in [6.45, 7) is 7.32. The number of nitrogens with zero attached hydrogens (tertiary/aromatic N) is 2. The van der Waals surface area contributed by atoms with Crippen molar-refractivity contribution in [3.8, 4) is 0 Å². The van der Waals surface area contributed by atoms with E-state index in [1.165, 1.54) is 12.0 Å². The van der Waals surface area contributed by atoms with Crippen LogP contribution in [-0.2, 0) is 6.54 Å². The molecule has 2 aromatic carbocycles. The lowest BCUT2D eigenvalue weighted by molar-refractivity contribution is -0.984. The number of hydrogen-bond donors (Lipinski definition) is 1. The van der Waals surface area contributed by atoms with Crippen molar-refractivity contribution >= 4 is 10.9 Å². The number of pyridine rings is 1. The number of aliphatic hydroxyl groups is 1. The molecule has 4 heterocycles. The fourth-order valence-corrected chi connectivity index (χ4v) is 5.91. The van der Waals surface area contributed by atoms with Crippen molar-refractivity contribution in [1.82, 2.24) is 4.98 Å². The summed E-state index contributed by atoms with van der Waals surface area (Å²) in [5, 5.41) is 12.8. The molecule has 1 N–H and O–H groups in total. The standard InChI is InChI=1S/C26H29N2O/c1-2-20-18-28(17-19-8-4-3-5-9-19)15-13-21(20)16-25(28)26(29)23-12-14-27-24-11-7-6-10-22(23)24/h2-12,14,20-21,25-26,29H,1,13,15-18H2/q+1/t20?,21-,25+,26-,28+/m0/s1. The zero-order valence-corrected chi connectivity index (χ0v) is 16.8. The molecule has 1 aromatic heterocycles. The summed E-state index contributed by atoms with van der Waals surface area (Å²) < 4.78 is 0.953. The first-order chi connectivity index (χ1) is 14.2. The van der Waals surface area contributed by atoms with Gasteiger partial charge in [0.25, 0.3) is 0 Å². The van der Waals surface area contributed by atoms with E-state index in [4.69, 9.17) is 0 Å². The molecule has 0 radical (unpaired) electrons. The number of hydrogen-bond acceptors (Lipinski definition) is 2. The predicted molar refractivity (Wildman–Crippen MR) is 117 cm³/mol. The summed E-state index contributed by atoms with van der Waals surface area (Å²) in [6, 6.07) is 21.2. The van der Waals surface area contributed by atoms with Gasteiger partial charge in [0, 0.05) is 35.9 Å². The average Bonchev–Trinajstić information content (AvgIpc) is 2.78. The van der Waals surface area contributed by atoms with E-state index in [9.17, 15) is 5.11 Å². The summed E-state index contributed by atoms with van der Waals surface area (Å²) in [6.07, 6.45) is 5.79. The molecule has 148 valence electrons. The molecule has 3 nitrogen and oxygen atoms in total. The smallest absolute Gasteiger partial charge is 0.131 e. The highest BCUT2D eigenvalue weighted by Gasteiger charge is 2.53. The second-order valence-electron chi connectivity index (χ2n) is 8.88. The van der Waals surface area contributed by atoms with E-state index in [-0.39, 0.29) is 6.04 Å². The van der Waals surface area contributed by atoms with Gasteiger partial charge in [-0.2, -0.15) is 0 Å². The first kappa shape index (κ1) is 18.5. The van der Waals surface area contributed by atoms with Gasteiger partial charge in [0.2, 0.25) is 0 Å². The SMILES string of the molecule is C=CC1C[N@+]2(Cc3ccccc3)CC[C@H]1C[C@@H]2[C@@H](O)c1ccnc2ccccc12. The second kappa shape index (κ2) is 7.40. The van der Waals surface area contributed by atoms with Crippen molar-refractivity contribution in [3.05, 3.63) is 90.6 Å². The van der Waals surface area contributed by atoms with Crippen LogP contribution >= 0.6 is 0 Å². The van der Waals surface area contributed by atoms with Gasteiger partial charge in [0.05, 0.1) is 18.6 Å². The fraction of sp³-hybridized carbons (Fsp3) is 0.346. The molecule has 3 aliphatic heterocycles. The number of quaternary nitrogens is 1. The maximum absolute atomic E-state index is 11.7. The van der Waals surface area contributed by atoms with Gasteiger partial charge >= 0.3 is 0 Å². The van der Waals surface area contributed by atoms with Crippen LogP contribution in [0.25, 0.3) is 10.9 Å². The third kappa shape index (κ3) is 3.19. The number of aromatic nitrogens is 1. The van der Waals surface area contributed by atoms with Gasteiger partial charge in [-0.05, 0) is 23.6 Å². The average molecular weight is 386 g/mol. The summed E-state index contributed by atoms with van der Waals surface area (Å²) in [4.78, 5) is 4.50. The molecule has 2 bridgehead atoms. The van der Waals surface area contributed by atoms with Crippen molar-refractivity contribution in [3.63, 3.8) is 0 Å².